The Morgan fingerprint density at radius 1 is 0.386 bits per heavy atom. The molecule has 4 aliphatic heterocycles. The molecule has 10 rings (SSSR count). The zero-order valence-electron chi connectivity index (χ0n) is 38.1. The monoisotopic (exact) mass is 1050 g/mol. The van der Waals surface area contributed by atoms with Crippen LogP contribution in [0.5, 0.6) is 0 Å². The van der Waals surface area contributed by atoms with Crippen molar-refractivity contribution in [3.63, 3.8) is 0 Å². The third-order valence-electron chi connectivity index (χ3n) is 13.3. The third-order valence-corrected chi connectivity index (χ3v) is 17.6. The normalized spacial score (nSPS) is 21.8. The van der Waals surface area contributed by atoms with Crippen molar-refractivity contribution in [2.45, 2.75) is 60.1 Å². The summed E-state index contributed by atoms with van der Waals surface area (Å²) < 4.78 is 141. The molecule has 356 valence electrons. The topological polar surface area (TPSA) is 248 Å². The van der Waals surface area contributed by atoms with Gasteiger partial charge in [-0.05, 0) is 70.2 Å². The minimum absolute atomic E-state index is 0. The maximum atomic E-state index is 12.6. The van der Waals surface area contributed by atoms with Crippen molar-refractivity contribution in [2.75, 3.05) is 32.3 Å². The van der Waals surface area contributed by atoms with E-state index in [1.807, 2.05) is 133 Å². The van der Waals surface area contributed by atoms with Gasteiger partial charge in [-0.3, -0.25) is 18.2 Å². The molecule has 0 aliphatic carbocycles. The molecule has 6 unspecified atom stereocenters. The van der Waals surface area contributed by atoms with E-state index in [0.717, 1.165) is 46.2 Å². The number of nitrogens with one attached hydrogen (secondary N) is 2. The number of nitrogens with zero attached hydrogens (tertiary/aromatic N) is 2. The Morgan fingerprint density at radius 3 is 0.929 bits per heavy atom. The second-order valence-electron chi connectivity index (χ2n) is 17.2. The summed E-state index contributed by atoms with van der Waals surface area (Å²) in [7, 11) is -19.8. The SMILES string of the molecule is O=S(=O)(O)C1CC(c2ccccc2)c2ccc3c(c2N1S(=O)(=O)O)NCCC3c1ccccc1.O=S(=O)(O)C1CC(c2ccccc2)c2ccc3c(c2N1S(=O)(=O)O)NCCC3c1ccccc1.[Na+].[Na+]. The average molecular weight is 1050 g/mol. The Balaban J connectivity index is 0.000000201. The molecule has 0 spiro atoms. The second-order valence-corrected chi connectivity index (χ2v) is 22.9. The summed E-state index contributed by atoms with van der Waals surface area (Å²) >= 11 is 0. The van der Waals surface area contributed by atoms with Gasteiger partial charge in [-0.1, -0.05) is 146 Å². The Hall–Kier alpha value is -3.84. The van der Waals surface area contributed by atoms with E-state index in [-0.39, 0.29) is 95.2 Å². The van der Waals surface area contributed by atoms with Gasteiger partial charge in [0.15, 0.2) is 10.7 Å². The molecule has 4 aliphatic rings. The molecule has 6 N–H and O–H groups in total. The van der Waals surface area contributed by atoms with E-state index < -0.39 is 63.4 Å². The van der Waals surface area contributed by atoms with E-state index in [9.17, 15) is 51.9 Å². The Kier molecular flexibility index (Phi) is 16.4. The van der Waals surface area contributed by atoms with Crippen LogP contribution in [0.25, 0.3) is 0 Å². The first-order valence-corrected chi connectivity index (χ1v) is 27.6. The molecule has 0 fully saturated rings. The standard InChI is InChI=1S/2C24H24N2O6S2.2Na/c2*27-33(28,29)22-15-21(17-9-5-2-6-10-17)20-12-11-19-18(16-7-3-1-4-8-16)13-14-25-23(19)24(20)26(22)34(30,31)32;;/h2*1-12,18,21-22,25H,13-15H2,(H,27,28,29)(H,30,31,32);;/q;;2*+1. The van der Waals surface area contributed by atoms with Crippen LogP contribution in [-0.4, -0.2) is 75.7 Å². The van der Waals surface area contributed by atoms with Crippen molar-refractivity contribution in [2.24, 2.45) is 0 Å². The summed E-state index contributed by atoms with van der Waals surface area (Å²) in [6, 6.07) is 45.2. The summed E-state index contributed by atoms with van der Waals surface area (Å²) in [5.41, 5.74) is 7.38. The second kappa shape index (κ2) is 21.3. The molecule has 4 heterocycles. The fourth-order valence-electron chi connectivity index (χ4n) is 10.4. The molecule has 70 heavy (non-hydrogen) atoms. The summed E-state index contributed by atoms with van der Waals surface area (Å²) in [5, 5.41) is 2.75. The number of hydrogen-bond acceptors (Lipinski definition) is 10. The number of fused-ring (bicyclic) bond motifs is 6. The smallest absolute Gasteiger partial charge is 0.383 e. The number of benzene rings is 6. The van der Waals surface area contributed by atoms with Crippen LogP contribution in [0.1, 0.15) is 93.9 Å². The van der Waals surface area contributed by atoms with Crippen LogP contribution in [0.3, 0.4) is 0 Å². The first-order valence-electron chi connectivity index (χ1n) is 21.8. The molecule has 6 aromatic carbocycles. The van der Waals surface area contributed by atoms with Gasteiger partial charge in [0.05, 0.1) is 22.7 Å². The molecule has 0 amide bonds. The van der Waals surface area contributed by atoms with Gasteiger partial charge in [0, 0.05) is 36.8 Å². The first-order chi connectivity index (χ1) is 32.3. The van der Waals surface area contributed by atoms with Crippen molar-refractivity contribution in [3.8, 4) is 0 Å². The van der Waals surface area contributed by atoms with Gasteiger partial charge < -0.3 is 10.6 Å². The van der Waals surface area contributed by atoms with Gasteiger partial charge in [0.2, 0.25) is 0 Å². The van der Waals surface area contributed by atoms with Gasteiger partial charge in [-0.2, -0.15) is 33.7 Å². The predicted molar refractivity (Wildman–Crippen MR) is 260 cm³/mol. The van der Waals surface area contributed by atoms with Crippen LogP contribution >= 0.6 is 0 Å². The molecular formula is C48H48N4Na2O12S4+2. The fourth-order valence-corrected chi connectivity index (χ4v) is 14.9. The van der Waals surface area contributed by atoms with Crippen LogP contribution in [0, 0.1) is 0 Å². The van der Waals surface area contributed by atoms with E-state index in [0.29, 0.717) is 44.2 Å². The molecular weight excluding hydrogens is 999 g/mol. The Bertz CT molecular complexity index is 3090. The molecule has 0 bridgehead atoms. The van der Waals surface area contributed by atoms with Crippen LogP contribution in [0.15, 0.2) is 146 Å². The van der Waals surface area contributed by atoms with Crippen LogP contribution < -0.4 is 78.4 Å². The van der Waals surface area contributed by atoms with Crippen molar-refractivity contribution >= 4 is 63.6 Å². The van der Waals surface area contributed by atoms with Gasteiger partial charge in [0.25, 0.3) is 20.2 Å². The summed E-state index contributed by atoms with van der Waals surface area (Å²) in [6.07, 6.45) is 1.03. The largest absolute Gasteiger partial charge is 1.00 e. The van der Waals surface area contributed by atoms with Crippen LogP contribution in [0.4, 0.5) is 22.7 Å². The predicted octanol–water partition coefficient (Wildman–Crippen LogP) is 1.99. The summed E-state index contributed by atoms with van der Waals surface area (Å²) in [4.78, 5) is 0. The van der Waals surface area contributed by atoms with Gasteiger partial charge >= 0.3 is 79.7 Å². The van der Waals surface area contributed by atoms with Crippen LogP contribution in [-0.2, 0) is 40.8 Å². The minimum Gasteiger partial charge on any atom is -0.383 e. The quantitative estimate of drug-likeness (QED) is 0.0944. The fraction of sp³-hybridized carbons (Fsp3) is 0.250. The molecule has 16 nitrogen and oxygen atoms in total. The molecule has 22 heteroatoms. The van der Waals surface area contributed by atoms with E-state index in [4.69, 9.17) is 0 Å². The van der Waals surface area contributed by atoms with E-state index >= 15 is 0 Å². The van der Waals surface area contributed by atoms with Gasteiger partial charge in [-0.15, -0.1) is 0 Å². The first kappa shape index (κ1) is 53.9. The van der Waals surface area contributed by atoms with Gasteiger partial charge in [0.1, 0.15) is 0 Å². The summed E-state index contributed by atoms with van der Waals surface area (Å²) in [5.74, 6) is -1.12. The van der Waals surface area contributed by atoms with Crippen molar-refractivity contribution in [1.82, 2.24) is 0 Å². The molecule has 0 saturated heterocycles. The van der Waals surface area contributed by atoms with Crippen LogP contribution in [0.2, 0.25) is 0 Å². The molecule has 0 radical (unpaired) electrons. The molecule has 0 saturated carbocycles. The maximum Gasteiger partial charge on any atom is 1.00 e. The Morgan fingerprint density at radius 2 is 0.657 bits per heavy atom. The number of rotatable bonds is 8. The van der Waals surface area contributed by atoms with Crippen molar-refractivity contribution in [1.29, 1.82) is 0 Å². The summed E-state index contributed by atoms with van der Waals surface area (Å²) in [6.45, 7) is 1.05. The molecule has 0 aromatic heterocycles. The Labute approximate surface area is 452 Å². The van der Waals surface area contributed by atoms with E-state index in [2.05, 4.69) is 10.6 Å². The maximum absolute atomic E-state index is 12.6. The van der Waals surface area contributed by atoms with Crippen molar-refractivity contribution < 1.29 is 111 Å². The molecule has 6 aromatic rings. The zero-order valence-corrected chi connectivity index (χ0v) is 45.4. The van der Waals surface area contributed by atoms with Gasteiger partial charge in [-0.25, -0.2) is 8.61 Å². The third kappa shape index (κ3) is 10.8. The minimum atomic E-state index is -5.04. The van der Waals surface area contributed by atoms with Crippen molar-refractivity contribution in [3.05, 3.63) is 190 Å². The zero-order chi connectivity index (χ0) is 48.2. The van der Waals surface area contributed by atoms with E-state index in [1.54, 1.807) is 12.1 Å². The molecule has 6 atom stereocenters. The number of hydrogen-bond donors (Lipinski definition) is 6. The van der Waals surface area contributed by atoms with E-state index in [1.165, 1.54) is 0 Å². The number of anilines is 4. The average Bonchev–Trinajstić information content (AvgIpc) is 3.32.